The number of halogens is 3. The Morgan fingerprint density at radius 1 is 1.07 bits per heavy atom. The Kier molecular flexibility index (Phi) is 5.82. The molecule has 28 heavy (non-hydrogen) atoms. The average molecular weight is 388 g/mol. The van der Waals surface area contributed by atoms with Crippen molar-refractivity contribution in [3.63, 3.8) is 0 Å². The molecule has 3 rings (SSSR count). The van der Waals surface area contributed by atoms with Crippen molar-refractivity contribution in [3.8, 4) is 11.5 Å². The van der Waals surface area contributed by atoms with Crippen molar-refractivity contribution < 1.29 is 22.6 Å². The monoisotopic (exact) mass is 388 g/mol. The van der Waals surface area contributed by atoms with E-state index in [1.54, 1.807) is 18.2 Å². The van der Waals surface area contributed by atoms with Gasteiger partial charge < -0.3 is 9.47 Å². The predicted octanol–water partition coefficient (Wildman–Crippen LogP) is 5.90. The van der Waals surface area contributed by atoms with Gasteiger partial charge in [0, 0.05) is 17.0 Å². The Balaban J connectivity index is 1.70. The lowest BCUT2D eigenvalue weighted by molar-refractivity contribution is 0.350. The molecule has 1 unspecified atom stereocenters. The molecule has 148 valence electrons. The van der Waals surface area contributed by atoms with Crippen molar-refractivity contribution in [2.24, 2.45) is 0 Å². The van der Waals surface area contributed by atoms with E-state index < -0.39 is 17.0 Å². The largest absolute Gasteiger partial charge is 0.494 e. The van der Waals surface area contributed by atoms with Crippen LogP contribution in [0.3, 0.4) is 0 Å². The fraction of sp³-hybridized carbons (Fsp3) is 0.304. The molecular weight excluding hydrogens is 365 g/mol. The third-order valence-corrected chi connectivity index (χ3v) is 5.15. The van der Waals surface area contributed by atoms with E-state index in [9.17, 15) is 13.2 Å². The van der Waals surface area contributed by atoms with E-state index in [0.29, 0.717) is 24.2 Å². The molecule has 1 aliphatic rings. The number of methoxy groups -OCH3 is 1. The second kappa shape index (κ2) is 8.13. The Labute approximate surface area is 163 Å². The van der Waals surface area contributed by atoms with Crippen LogP contribution in [0.1, 0.15) is 31.4 Å². The smallest absolute Gasteiger partial charge is 0.200 e. The van der Waals surface area contributed by atoms with Crippen LogP contribution in [0.5, 0.6) is 11.5 Å². The van der Waals surface area contributed by atoms with Gasteiger partial charge in [-0.2, -0.15) is 4.39 Å². The normalized spacial score (nSPS) is 18.7. The van der Waals surface area contributed by atoms with Crippen LogP contribution in [0.15, 0.2) is 54.1 Å². The van der Waals surface area contributed by atoms with Crippen LogP contribution in [0.25, 0.3) is 0 Å². The summed E-state index contributed by atoms with van der Waals surface area (Å²) in [5.74, 6) is -1.81. The second-order valence-electron chi connectivity index (χ2n) is 7.07. The molecule has 2 aromatic rings. The zero-order chi connectivity index (χ0) is 20.3. The van der Waals surface area contributed by atoms with Crippen molar-refractivity contribution in [1.29, 1.82) is 0 Å². The SMILES string of the molecule is CCc1ccc(OCC2=CCC(C)(c3ccc(OC)c(F)c3F)C=C2)cc1F. The Morgan fingerprint density at radius 3 is 2.46 bits per heavy atom. The molecule has 0 bridgehead atoms. The van der Waals surface area contributed by atoms with E-state index in [1.807, 2.05) is 32.1 Å². The van der Waals surface area contributed by atoms with Gasteiger partial charge in [0.2, 0.25) is 5.82 Å². The van der Waals surface area contributed by atoms with Gasteiger partial charge in [-0.1, -0.05) is 44.2 Å². The summed E-state index contributed by atoms with van der Waals surface area (Å²) in [5, 5.41) is 0. The average Bonchev–Trinajstić information content (AvgIpc) is 2.69. The molecule has 0 saturated heterocycles. The fourth-order valence-corrected chi connectivity index (χ4v) is 3.28. The summed E-state index contributed by atoms with van der Waals surface area (Å²) < 4.78 is 52.9. The summed E-state index contributed by atoms with van der Waals surface area (Å²) in [5.41, 5.74) is 1.14. The summed E-state index contributed by atoms with van der Waals surface area (Å²) in [7, 11) is 1.30. The first-order valence-corrected chi connectivity index (χ1v) is 9.20. The number of rotatable bonds is 6. The van der Waals surface area contributed by atoms with Crippen LogP contribution in [-0.4, -0.2) is 13.7 Å². The van der Waals surface area contributed by atoms with Gasteiger partial charge in [0.1, 0.15) is 18.2 Å². The minimum atomic E-state index is -0.981. The van der Waals surface area contributed by atoms with Gasteiger partial charge in [-0.05, 0) is 36.1 Å². The third-order valence-electron chi connectivity index (χ3n) is 5.15. The highest BCUT2D eigenvalue weighted by atomic mass is 19.2. The van der Waals surface area contributed by atoms with E-state index in [2.05, 4.69) is 0 Å². The number of hydrogen-bond acceptors (Lipinski definition) is 2. The molecule has 0 heterocycles. The Morgan fingerprint density at radius 2 is 1.86 bits per heavy atom. The van der Waals surface area contributed by atoms with Crippen LogP contribution in [0.4, 0.5) is 13.2 Å². The standard InChI is InChI=1S/C23H23F3O2/c1-4-16-5-6-17(13-19(16)24)28-14-15-9-11-23(2,12-10-15)18-7-8-20(27-3)22(26)21(18)25/h5-11,13H,4,12,14H2,1-3H3. The van der Waals surface area contributed by atoms with Gasteiger partial charge in [-0.15, -0.1) is 0 Å². The molecule has 2 nitrogen and oxygen atoms in total. The molecule has 0 fully saturated rings. The molecule has 0 aromatic heterocycles. The maximum absolute atomic E-state index is 14.5. The summed E-state index contributed by atoms with van der Waals surface area (Å²) in [6.45, 7) is 4.02. The van der Waals surface area contributed by atoms with E-state index in [0.717, 1.165) is 5.57 Å². The second-order valence-corrected chi connectivity index (χ2v) is 7.07. The molecule has 1 aliphatic carbocycles. The lowest BCUT2D eigenvalue weighted by Crippen LogP contribution is -2.23. The van der Waals surface area contributed by atoms with E-state index in [-0.39, 0.29) is 23.7 Å². The lowest BCUT2D eigenvalue weighted by atomic mass is 9.76. The number of benzene rings is 2. The van der Waals surface area contributed by atoms with Crippen LogP contribution in [0.2, 0.25) is 0 Å². The molecule has 0 N–H and O–H groups in total. The van der Waals surface area contributed by atoms with E-state index in [1.165, 1.54) is 19.2 Å². The number of ether oxygens (including phenoxy) is 2. The summed E-state index contributed by atoms with van der Waals surface area (Å²) in [6, 6.07) is 7.83. The molecular formula is C23H23F3O2. The highest BCUT2D eigenvalue weighted by Gasteiger charge is 2.30. The highest BCUT2D eigenvalue weighted by Crippen LogP contribution is 2.37. The van der Waals surface area contributed by atoms with Gasteiger partial charge >= 0.3 is 0 Å². The zero-order valence-corrected chi connectivity index (χ0v) is 16.2. The van der Waals surface area contributed by atoms with Gasteiger partial charge in [0.25, 0.3) is 0 Å². The third kappa shape index (κ3) is 3.93. The van der Waals surface area contributed by atoms with Crippen LogP contribution < -0.4 is 9.47 Å². The Bertz CT molecular complexity index is 934. The maximum Gasteiger partial charge on any atom is 0.200 e. The first kappa shape index (κ1) is 20.1. The molecule has 0 amide bonds. The van der Waals surface area contributed by atoms with Crippen LogP contribution >= 0.6 is 0 Å². The van der Waals surface area contributed by atoms with Crippen molar-refractivity contribution in [2.45, 2.75) is 32.1 Å². The first-order valence-electron chi connectivity index (χ1n) is 9.20. The van der Waals surface area contributed by atoms with Crippen molar-refractivity contribution in [1.82, 2.24) is 0 Å². The van der Waals surface area contributed by atoms with Crippen molar-refractivity contribution in [3.05, 3.63) is 82.7 Å². The minimum absolute atomic E-state index is 0.115. The van der Waals surface area contributed by atoms with Gasteiger partial charge in [0.15, 0.2) is 11.6 Å². The first-order chi connectivity index (χ1) is 13.4. The molecule has 0 aliphatic heterocycles. The predicted molar refractivity (Wildman–Crippen MR) is 103 cm³/mol. The molecule has 2 aromatic carbocycles. The van der Waals surface area contributed by atoms with Crippen LogP contribution in [-0.2, 0) is 11.8 Å². The number of hydrogen-bond donors (Lipinski definition) is 0. The minimum Gasteiger partial charge on any atom is -0.494 e. The quantitative estimate of drug-likeness (QED) is 0.614. The van der Waals surface area contributed by atoms with Gasteiger partial charge in [-0.25, -0.2) is 8.78 Å². The van der Waals surface area contributed by atoms with E-state index in [4.69, 9.17) is 9.47 Å². The number of aryl methyl sites for hydroxylation is 1. The number of allylic oxidation sites excluding steroid dienone is 2. The van der Waals surface area contributed by atoms with Gasteiger partial charge in [-0.3, -0.25) is 0 Å². The molecule has 0 saturated carbocycles. The molecule has 0 spiro atoms. The molecule has 5 heteroatoms. The summed E-state index contributed by atoms with van der Waals surface area (Å²) >= 11 is 0. The maximum atomic E-state index is 14.5. The Hall–Kier alpha value is -2.69. The fourth-order valence-electron chi connectivity index (χ4n) is 3.28. The highest BCUT2D eigenvalue weighted by molar-refractivity contribution is 5.42. The molecule has 0 radical (unpaired) electrons. The van der Waals surface area contributed by atoms with Crippen LogP contribution in [0, 0.1) is 17.5 Å². The molecule has 1 atom stereocenters. The van der Waals surface area contributed by atoms with Gasteiger partial charge in [0.05, 0.1) is 7.11 Å². The van der Waals surface area contributed by atoms with Crippen molar-refractivity contribution >= 4 is 0 Å². The zero-order valence-electron chi connectivity index (χ0n) is 16.2. The topological polar surface area (TPSA) is 18.5 Å². The summed E-state index contributed by atoms with van der Waals surface area (Å²) in [4.78, 5) is 0. The van der Waals surface area contributed by atoms with E-state index >= 15 is 0 Å². The summed E-state index contributed by atoms with van der Waals surface area (Å²) in [6.07, 6.45) is 6.73. The lowest BCUT2D eigenvalue weighted by Gasteiger charge is -2.29. The van der Waals surface area contributed by atoms with Crippen molar-refractivity contribution in [2.75, 3.05) is 13.7 Å².